The zero-order chi connectivity index (χ0) is 12.8. The Morgan fingerprint density at radius 2 is 2.18 bits per heavy atom. The second-order valence-corrected chi connectivity index (χ2v) is 4.62. The highest BCUT2D eigenvalue weighted by Crippen LogP contribution is 2.21. The van der Waals surface area contributed by atoms with Gasteiger partial charge in [-0.15, -0.1) is 0 Å². The molecule has 0 bridgehead atoms. The van der Waals surface area contributed by atoms with Crippen LogP contribution < -0.4 is 4.74 Å². The van der Waals surface area contributed by atoms with Crippen LogP contribution in [0.15, 0.2) is 24.3 Å². The Labute approximate surface area is 107 Å². The van der Waals surface area contributed by atoms with Crippen LogP contribution in [0.25, 0.3) is 0 Å². The first-order chi connectivity index (χ1) is 8.04. The number of hydrogen-bond acceptors (Lipinski definition) is 4. The average molecular weight is 255 g/mol. The van der Waals surface area contributed by atoms with Crippen LogP contribution >= 0.6 is 12.6 Å². The Bertz CT molecular complexity index is 382. The molecular weight excluding hydrogens is 238 g/mol. The van der Waals surface area contributed by atoms with Gasteiger partial charge in [-0.3, -0.25) is 10.1 Å². The molecule has 1 unspecified atom stereocenters. The number of hydrogen-bond donors (Lipinski definition) is 1. The van der Waals surface area contributed by atoms with E-state index in [0.717, 1.165) is 5.75 Å². The van der Waals surface area contributed by atoms with Gasteiger partial charge in [0.2, 0.25) is 0 Å². The quantitative estimate of drug-likeness (QED) is 0.482. The van der Waals surface area contributed by atoms with E-state index in [0.29, 0.717) is 24.2 Å². The first kappa shape index (κ1) is 13.8. The van der Waals surface area contributed by atoms with Crippen molar-refractivity contribution in [1.82, 2.24) is 0 Å². The molecule has 5 heteroatoms. The second kappa shape index (κ2) is 6.49. The third-order valence-electron chi connectivity index (χ3n) is 2.67. The fourth-order valence-corrected chi connectivity index (χ4v) is 1.87. The lowest BCUT2D eigenvalue weighted by atomic mass is 9.99. The van der Waals surface area contributed by atoms with Crippen molar-refractivity contribution in [2.45, 2.75) is 13.8 Å². The van der Waals surface area contributed by atoms with Gasteiger partial charge >= 0.3 is 0 Å². The number of nitro benzene ring substituents is 1. The highest BCUT2D eigenvalue weighted by atomic mass is 32.1. The Morgan fingerprint density at radius 1 is 1.47 bits per heavy atom. The van der Waals surface area contributed by atoms with Crippen LogP contribution in [0.5, 0.6) is 5.75 Å². The van der Waals surface area contributed by atoms with Crippen molar-refractivity contribution < 1.29 is 9.66 Å². The van der Waals surface area contributed by atoms with E-state index in [1.807, 2.05) is 0 Å². The molecule has 0 saturated carbocycles. The van der Waals surface area contributed by atoms with E-state index < -0.39 is 4.92 Å². The Morgan fingerprint density at radius 3 is 2.71 bits per heavy atom. The van der Waals surface area contributed by atoms with Gasteiger partial charge in [-0.1, -0.05) is 19.9 Å². The molecule has 0 amide bonds. The molecule has 1 atom stereocenters. The van der Waals surface area contributed by atoms with Gasteiger partial charge in [0.1, 0.15) is 5.75 Å². The maximum absolute atomic E-state index is 10.6. The van der Waals surface area contributed by atoms with Gasteiger partial charge in [-0.2, -0.15) is 12.6 Å². The largest absolute Gasteiger partial charge is 0.493 e. The number of non-ortho nitro benzene ring substituents is 1. The molecule has 4 nitrogen and oxygen atoms in total. The molecule has 0 aliphatic rings. The summed E-state index contributed by atoms with van der Waals surface area (Å²) in [5.41, 5.74) is 0.0504. The van der Waals surface area contributed by atoms with Crippen LogP contribution in [0.1, 0.15) is 13.8 Å². The third-order valence-corrected chi connectivity index (χ3v) is 3.14. The molecular formula is C12H17NO3S. The molecule has 0 saturated heterocycles. The van der Waals surface area contributed by atoms with Crippen LogP contribution in [-0.4, -0.2) is 17.3 Å². The lowest BCUT2D eigenvalue weighted by Crippen LogP contribution is -2.19. The zero-order valence-corrected chi connectivity index (χ0v) is 10.9. The van der Waals surface area contributed by atoms with Crippen LogP contribution in [-0.2, 0) is 0 Å². The summed E-state index contributed by atoms with van der Waals surface area (Å²) in [6, 6.07) is 6.24. The predicted molar refractivity (Wildman–Crippen MR) is 70.8 cm³/mol. The van der Waals surface area contributed by atoms with E-state index in [9.17, 15) is 10.1 Å². The van der Waals surface area contributed by atoms with E-state index in [1.165, 1.54) is 12.1 Å². The van der Waals surface area contributed by atoms with Gasteiger partial charge in [0.05, 0.1) is 17.6 Å². The maximum Gasteiger partial charge on any atom is 0.273 e. The number of ether oxygens (including phenoxy) is 1. The van der Waals surface area contributed by atoms with Crippen molar-refractivity contribution >= 4 is 18.3 Å². The smallest absolute Gasteiger partial charge is 0.273 e. The van der Waals surface area contributed by atoms with Crippen molar-refractivity contribution in [3.63, 3.8) is 0 Å². The van der Waals surface area contributed by atoms with Crippen LogP contribution in [0.3, 0.4) is 0 Å². The summed E-state index contributed by atoms with van der Waals surface area (Å²) in [4.78, 5) is 10.2. The average Bonchev–Trinajstić information content (AvgIpc) is 2.29. The lowest BCUT2D eigenvalue weighted by Gasteiger charge is -2.18. The molecule has 1 rings (SSSR count). The normalized spacial score (nSPS) is 12.5. The van der Waals surface area contributed by atoms with Crippen molar-refractivity contribution in [1.29, 1.82) is 0 Å². The fourth-order valence-electron chi connectivity index (χ4n) is 1.35. The fraction of sp³-hybridized carbons (Fsp3) is 0.500. The summed E-state index contributed by atoms with van der Waals surface area (Å²) in [5.74, 6) is 2.10. The number of benzene rings is 1. The monoisotopic (exact) mass is 255 g/mol. The highest BCUT2D eigenvalue weighted by molar-refractivity contribution is 7.80. The topological polar surface area (TPSA) is 52.4 Å². The number of thiol groups is 1. The Kier molecular flexibility index (Phi) is 5.28. The minimum Gasteiger partial charge on any atom is -0.493 e. The molecule has 0 aliphatic carbocycles. The van der Waals surface area contributed by atoms with Crippen LogP contribution in [0.4, 0.5) is 5.69 Å². The molecule has 1 aromatic rings. The summed E-state index contributed by atoms with van der Waals surface area (Å²) in [7, 11) is 0. The van der Waals surface area contributed by atoms with Crippen molar-refractivity contribution in [3.8, 4) is 5.75 Å². The summed E-state index contributed by atoms with van der Waals surface area (Å²) in [6.07, 6.45) is 0. The minimum absolute atomic E-state index is 0.0504. The van der Waals surface area contributed by atoms with Gasteiger partial charge in [-0.25, -0.2) is 0 Å². The van der Waals surface area contributed by atoms with Crippen molar-refractivity contribution in [2.24, 2.45) is 11.8 Å². The lowest BCUT2D eigenvalue weighted by molar-refractivity contribution is -0.384. The van der Waals surface area contributed by atoms with Crippen molar-refractivity contribution in [3.05, 3.63) is 34.4 Å². The molecule has 0 fully saturated rings. The standard InChI is InChI=1S/C12H17NO3S/c1-9(2)10(8-17)7-16-12-5-3-4-11(6-12)13(14)15/h3-6,9-10,17H,7-8H2,1-2H3. The summed E-state index contributed by atoms with van der Waals surface area (Å²) >= 11 is 4.27. The van der Waals surface area contributed by atoms with Gasteiger partial charge in [0, 0.05) is 12.0 Å². The van der Waals surface area contributed by atoms with Gasteiger partial charge in [0.15, 0.2) is 0 Å². The Balaban J connectivity index is 2.62. The molecule has 0 aromatic heterocycles. The molecule has 17 heavy (non-hydrogen) atoms. The van der Waals surface area contributed by atoms with Gasteiger partial charge < -0.3 is 4.74 Å². The molecule has 0 N–H and O–H groups in total. The first-order valence-corrected chi connectivity index (χ1v) is 6.16. The summed E-state index contributed by atoms with van der Waals surface area (Å²) < 4.78 is 5.56. The van der Waals surface area contributed by atoms with E-state index in [2.05, 4.69) is 26.5 Å². The minimum atomic E-state index is -0.425. The maximum atomic E-state index is 10.6. The number of nitrogens with zero attached hydrogens (tertiary/aromatic N) is 1. The summed E-state index contributed by atoms with van der Waals surface area (Å²) in [5, 5.41) is 10.6. The van der Waals surface area contributed by atoms with E-state index >= 15 is 0 Å². The molecule has 0 aliphatic heterocycles. The van der Waals surface area contributed by atoms with Crippen molar-refractivity contribution in [2.75, 3.05) is 12.4 Å². The number of nitro groups is 1. The molecule has 1 aromatic carbocycles. The van der Waals surface area contributed by atoms with Crippen LogP contribution in [0.2, 0.25) is 0 Å². The highest BCUT2D eigenvalue weighted by Gasteiger charge is 2.13. The third kappa shape index (κ3) is 4.26. The molecule has 0 radical (unpaired) electrons. The number of rotatable bonds is 6. The first-order valence-electron chi connectivity index (χ1n) is 5.52. The molecule has 94 valence electrons. The van der Waals surface area contributed by atoms with E-state index in [4.69, 9.17) is 4.74 Å². The van der Waals surface area contributed by atoms with Crippen LogP contribution in [0, 0.1) is 22.0 Å². The molecule has 0 spiro atoms. The van der Waals surface area contributed by atoms with Gasteiger partial charge in [-0.05, 0) is 17.7 Å². The zero-order valence-electron chi connectivity index (χ0n) is 10.00. The van der Waals surface area contributed by atoms with E-state index in [1.54, 1.807) is 12.1 Å². The predicted octanol–water partition coefficient (Wildman–Crippen LogP) is 3.18. The van der Waals surface area contributed by atoms with Gasteiger partial charge in [0.25, 0.3) is 5.69 Å². The Hall–Kier alpha value is -1.23. The molecule has 0 heterocycles. The van der Waals surface area contributed by atoms with E-state index in [-0.39, 0.29) is 5.69 Å². The summed E-state index contributed by atoms with van der Waals surface area (Å²) in [6.45, 7) is 4.75. The second-order valence-electron chi connectivity index (χ2n) is 4.25. The SMILES string of the molecule is CC(C)C(CS)COc1cccc([N+](=O)[O-])c1.